The first kappa shape index (κ1) is 17.3. The van der Waals surface area contributed by atoms with E-state index in [2.05, 4.69) is 10.2 Å². The van der Waals surface area contributed by atoms with E-state index in [0.29, 0.717) is 24.4 Å². The molecule has 0 saturated heterocycles. The number of anilines is 2. The quantitative estimate of drug-likeness (QED) is 0.512. The molecule has 1 amide bonds. The first-order valence-corrected chi connectivity index (χ1v) is 8.89. The van der Waals surface area contributed by atoms with Gasteiger partial charge in [0.2, 0.25) is 5.91 Å². The molecule has 0 aromatic heterocycles. The first-order chi connectivity index (χ1) is 13.1. The number of rotatable bonds is 4. The molecule has 0 bridgehead atoms. The number of nitrogens with one attached hydrogen (secondary N) is 1. The molecule has 5 nitrogen and oxygen atoms in total. The standard InChI is InChI=1S/C21H19FN2O3/c22-16-2-1-3-18(12-16)24-8-6-14(7-9-24)10-20(25)23-17-5-4-15-11-21(26)27-19(15)13-17/h1-6,12-13H,7-11H2,(H,23,25). The van der Waals surface area contributed by atoms with Crippen LogP contribution in [0.15, 0.2) is 54.1 Å². The van der Waals surface area contributed by atoms with Crippen molar-refractivity contribution in [1.82, 2.24) is 0 Å². The predicted molar refractivity (Wildman–Crippen MR) is 100 cm³/mol. The number of halogens is 1. The summed E-state index contributed by atoms with van der Waals surface area (Å²) in [5, 5.41) is 2.85. The summed E-state index contributed by atoms with van der Waals surface area (Å²) < 4.78 is 18.5. The zero-order valence-electron chi connectivity index (χ0n) is 14.7. The van der Waals surface area contributed by atoms with Crippen molar-refractivity contribution in [2.45, 2.75) is 19.3 Å². The number of esters is 1. The fraction of sp³-hybridized carbons (Fsp3) is 0.238. The van der Waals surface area contributed by atoms with Crippen molar-refractivity contribution < 1.29 is 18.7 Å². The van der Waals surface area contributed by atoms with Crippen LogP contribution < -0.4 is 15.0 Å². The lowest BCUT2D eigenvalue weighted by atomic mass is 10.0. The normalized spacial score (nSPS) is 15.8. The van der Waals surface area contributed by atoms with Crippen molar-refractivity contribution in [1.29, 1.82) is 0 Å². The van der Waals surface area contributed by atoms with Crippen molar-refractivity contribution in [3.05, 3.63) is 65.5 Å². The Balaban J connectivity index is 1.34. The lowest BCUT2D eigenvalue weighted by molar-refractivity contribution is -0.131. The molecule has 0 spiro atoms. The third kappa shape index (κ3) is 4.00. The van der Waals surface area contributed by atoms with Crippen molar-refractivity contribution in [3.63, 3.8) is 0 Å². The SMILES string of the molecule is O=C(CC1=CCN(c2cccc(F)c2)CC1)Nc1ccc2c(c1)OC(=O)C2. The van der Waals surface area contributed by atoms with E-state index in [-0.39, 0.29) is 24.1 Å². The molecule has 0 unspecified atom stereocenters. The molecule has 0 saturated carbocycles. The van der Waals surface area contributed by atoms with Gasteiger partial charge in [0.15, 0.2) is 0 Å². The number of carbonyl (C=O) groups excluding carboxylic acids is 2. The number of benzene rings is 2. The Bertz CT molecular complexity index is 939. The Kier molecular flexibility index (Phi) is 4.62. The second kappa shape index (κ2) is 7.23. The summed E-state index contributed by atoms with van der Waals surface area (Å²) in [6, 6.07) is 11.8. The Morgan fingerprint density at radius 1 is 1.22 bits per heavy atom. The van der Waals surface area contributed by atoms with Crippen LogP contribution in [0.25, 0.3) is 0 Å². The topological polar surface area (TPSA) is 58.6 Å². The number of fused-ring (bicyclic) bond motifs is 1. The minimum absolute atomic E-state index is 0.107. The van der Waals surface area contributed by atoms with E-state index < -0.39 is 0 Å². The first-order valence-electron chi connectivity index (χ1n) is 8.89. The van der Waals surface area contributed by atoms with Gasteiger partial charge in [0, 0.05) is 42.5 Å². The van der Waals surface area contributed by atoms with Gasteiger partial charge in [0.1, 0.15) is 11.6 Å². The van der Waals surface area contributed by atoms with Crippen molar-refractivity contribution in [2.75, 3.05) is 23.3 Å². The molecule has 2 aliphatic heterocycles. The van der Waals surface area contributed by atoms with Crippen molar-refractivity contribution >= 4 is 23.3 Å². The third-order valence-corrected chi connectivity index (χ3v) is 4.77. The third-order valence-electron chi connectivity index (χ3n) is 4.77. The molecule has 2 aliphatic rings. The zero-order chi connectivity index (χ0) is 18.8. The molecule has 138 valence electrons. The van der Waals surface area contributed by atoms with E-state index in [9.17, 15) is 14.0 Å². The zero-order valence-corrected chi connectivity index (χ0v) is 14.7. The number of amides is 1. The van der Waals surface area contributed by atoms with Crippen LogP contribution in [0, 0.1) is 5.82 Å². The smallest absolute Gasteiger partial charge is 0.315 e. The van der Waals surface area contributed by atoms with Crippen LogP contribution >= 0.6 is 0 Å². The van der Waals surface area contributed by atoms with Gasteiger partial charge in [-0.2, -0.15) is 0 Å². The van der Waals surface area contributed by atoms with E-state index in [1.165, 1.54) is 12.1 Å². The second-order valence-electron chi connectivity index (χ2n) is 6.74. The monoisotopic (exact) mass is 366 g/mol. The summed E-state index contributed by atoms with van der Waals surface area (Å²) in [6.07, 6.45) is 3.37. The maximum atomic E-state index is 13.4. The van der Waals surface area contributed by atoms with Crippen LogP contribution in [0.4, 0.5) is 15.8 Å². The van der Waals surface area contributed by atoms with E-state index in [1.807, 2.05) is 12.1 Å². The molecule has 2 heterocycles. The molecule has 2 aromatic rings. The van der Waals surface area contributed by atoms with Crippen LogP contribution in [0.5, 0.6) is 5.75 Å². The van der Waals surface area contributed by atoms with Crippen LogP contribution in [0.3, 0.4) is 0 Å². The maximum absolute atomic E-state index is 13.4. The van der Waals surface area contributed by atoms with E-state index in [4.69, 9.17) is 4.74 Å². The minimum Gasteiger partial charge on any atom is -0.426 e. The number of hydrogen-bond donors (Lipinski definition) is 1. The average Bonchev–Trinajstić information content (AvgIpc) is 3.01. The highest BCUT2D eigenvalue weighted by atomic mass is 19.1. The number of hydrogen-bond acceptors (Lipinski definition) is 4. The summed E-state index contributed by atoms with van der Waals surface area (Å²) in [5.74, 6) is -0.115. The number of nitrogens with zero attached hydrogens (tertiary/aromatic N) is 1. The summed E-state index contributed by atoms with van der Waals surface area (Å²) in [7, 11) is 0. The van der Waals surface area contributed by atoms with E-state index in [1.54, 1.807) is 24.3 Å². The lowest BCUT2D eigenvalue weighted by Gasteiger charge is -2.28. The van der Waals surface area contributed by atoms with Crippen LogP contribution in [-0.2, 0) is 16.0 Å². The fourth-order valence-electron chi connectivity index (χ4n) is 3.38. The van der Waals surface area contributed by atoms with Gasteiger partial charge in [-0.15, -0.1) is 0 Å². The molecular formula is C21H19FN2O3. The van der Waals surface area contributed by atoms with Gasteiger partial charge in [0.05, 0.1) is 6.42 Å². The molecule has 0 atom stereocenters. The van der Waals surface area contributed by atoms with Gasteiger partial charge in [-0.05, 0) is 30.7 Å². The summed E-state index contributed by atoms with van der Waals surface area (Å²) in [6.45, 7) is 1.40. The molecule has 2 aromatic carbocycles. The number of ether oxygens (including phenoxy) is 1. The largest absolute Gasteiger partial charge is 0.426 e. The minimum atomic E-state index is -0.274. The molecule has 0 fully saturated rings. The van der Waals surface area contributed by atoms with Crippen LogP contribution in [0.1, 0.15) is 18.4 Å². The Labute approximate surface area is 156 Å². The van der Waals surface area contributed by atoms with Gasteiger partial charge in [0.25, 0.3) is 0 Å². The fourth-order valence-corrected chi connectivity index (χ4v) is 3.38. The molecular weight excluding hydrogens is 347 g/mol. The van der Waals surface area contributed by atoms with E-state index in [0.717, 1.165) is 29.8 Å². The maximum Gasteiger partial charge on any atom is 0.315 e. The molecule has 27 heavy (non-hydrogen) atoms. The molecule has 0 aliphatic carbocycles. The summed E-state index contributed by atoms with van der Waals surface area (Å²) in [4.78, 5) is 25.7. The lowest BCUT2D eigenvalue weighted by Crippen LogP contribution is -2.29. The van der Waals surface area contributed by atoms with Crippen LogP contribution in [0.2, 0.25) is 0 Å². The van der Waals surface area contributed by atoms with Gasteiger partial charge in [-0.25, -0.2) is 4.39 Å². The molecule has 6 heteroatoms. The second-order valence-corrected chi connectivity index (χ2v) is 6.74. The van der Waals surface area contributed by atoms with Gasteiger partial charge in [-0.1, -0.05) is 23.8 Å². The Morgan fingerprint density at radius 3 is 2.89 bits per heavy atom. The Morgan fingerprint density at radius 2 is 2.11 bits per heavy atom. The Hall–Kier alpha value is -3.15. The molecule has 4 rings (SSSR count). The summed E-state index contributed by atoms with van der Waals surface area (Å²) >= 11 is 0. The average molecular weight is 366 g/mol. The van der Waals surface area contributed by atoms with Gasteiger partial charge >= 0.3 is 5.97 Å². The number of carbonyl (C=O) groups is 2. The summed E-state index contributed by atoms with van der Waals surface area (Å²) in [5.41, 5.74) is 3.37. The van der Waals surface area contributed by atoms with Gasteiger partial charge in [-0.3, -0.25) is 9.59 Å². The highest BCUT2D eigenvalue weighted by Crippen LogP contribution is 2.29. The van der Waals surface area contributed by atoms with Crippen molar-refractivity contribution in [2.24, 2.45) is 0 Å². The van der Waals surface area contributed by atoms with Crippen LogP contribution in [-0.4, -0.2) is 25.0 Å². The van der Waals surface area contributed by atoms with Crippen molar-refractivity contribution in [3.8, 4) is 5.75 Å². The highest BCUT2D eigenvalue weighted by Gasteiger charge is 2.21. The molecule has 1 N–H and O–H groups in total. The van der Waals surface area contributed by atoms with E-state index >= 15 is 0 Å². The highest BCUT2D eigenvalue weighted by molar-refractivity contribution is 5.93. The van der Waals surface area contributed by atoms with Gasteiger partial charge < -0.3 is 15.0 Å². The predicted octanol–water partition coefficient (Wildman–Crippen LogP) is 3.45. The molecule has 0 radical (unpaired) electrons.